The van der Waals surface area contributed by atoms with E-state index >= 15 is 0 Å². The average molecular weight is 577 g/mol. The Balaban J connectivity index is 1.57. The van der Waals surface area contributed by atoms with Gasteiger partial charge in [-0.25, -0.2) is 0 Å². The molecular formula is C31H32N2O7S. The third-order valence-corrected chi connectivity index (χ3v) is 7.66. The van der Waals surface area contributed by atoms with Crippen molar-refractivity contribution in [2.75, 3.05) is 27.9 Å². The fraction of sp³-hybridized carbons (Fsp3) is 0.290. The summed E-state index contributed by atoms with van der Waals surface area (Å²) in [5.74, 6) is 1.42. The van der Waals surface area contributed by atoms with Crippen molar-refractivity contribution in [1.29, 1.82) is 0 Å². The van der Waals surface area contributed by atoms with Gasteiger partial charge in [0.15, 0.2) is 11.0 Å². The monoisotopic (exact) mass is 576 g/mol. The molecule has 1 aliphatic heterocycles. The predicted octanol–water partition coefficient (Wildman–Crippen LogP) is 4.21. The molecule has 3 aromatic carbocycles. The van der Waals surface area contributed by atoms with Crippen LogP contribution >= 0.6 is 12.2 Å². The molecule has 2 heterocycles. The zero-order valence-corrected chi connectivity index (χ0v) is 23.7. The van der Waals surface area contributed by atoms with Crippen molar-refractivity contribution in [2.24, 2.45) is 0 Å². The van der Waals surface area contributed by atoms with Crippen LogP contribution in [-0.2, 0) is 19.8 Å². The second-order valence-corrected chi connectivity index (χ2v) is 9.98. The molecule has 0 unspecified atom stereocenters. The molecule has 1 saturated heterocycles. The van der Waals surface area contributed by atoms with Crippen molar-refractivity contribution >= 4 is 12.2 Å². The van der Waals surface area contributed by atoms with Gasteiger partial charge >= 0.3 is 0 Å². The molecule has 2 N–H and O–H groups in total. The maximum Gasteiger partial charge on any atom is 0.251 e. The maximum atomic E-state index is 11.7. The highest BCUT2D eigenvalue weighted by Gasteiger charge is 2.47. The van der Waals surface area contributed by atoms with E-state index in [2.05, 4.69) is 4.98 Å². The number of hydrogen-bond acceptors (Lipinski definition) is 8. The number of nitrogens with zero attached hydrogens (tertiary/aromatic N) is 1. The highest BCUT2D eigenvalue weighted by atomic mass is 32.1. The molecule has 4 aromatic rings. The van der Waals surface area contributed by atoms with Crippen LogP contribution in [0.25, 0.3) is 0 Å². The Bertz CT molecular complexity index is 1510. The first-order valence-electron chi connectivity index (χ1n) is 13.1. The van der Waals surface area contributed by atoms with E-state index in [0.717, 1.165) is 16.7 Å². The summed E-state index contributed by atoms with van der Waals surface area (Å²) in [5, 5.41) is 11.3. The molecule has 10 heteroatoms. The van der Waals surface area contributed by atoms with Gasteiger partial charge in [-0.2, -0.15) is 0 Å². The van der Waals surface area contributed by atoms with Gasteiger partial charge in [0.05, 0.1) is 20.8 Å². The summed E-state index contributed by atoms with van der Waals surface area (Å²) in [6.07, 6.45) is -1.83. The van der Waals surface area contributed by atoms with Gasteiger partial charge in [0, 0.05) is 19.4 Å². The number of aromatic nitrogens is 2. The van der Waals surface area contributed by atoms with Crippen LogP contribution in [0, 0.1) is 4.77 Å². The molecule has 9 nitrogen and oxygen atoms in total. The van der Waals surface area contributed by atoms with Gasteiger partial charge in [0.2, 0.25) is 0 Å². The zero-order chi connectivity index (χ0) is 29.0. The SMILES string of the molecule is COc1ccc(C(OC[C@H]2O[C@@H](n3ccc(=O)[nH]c3=S)[C@H](OC)[C@@H]2O)(c2ccccc2)c2ccc(OC)cc2)cc1. The van der Waals surface area contributed by atoms with Gasteiger partial charge in [-0.15, -0.1) is 0 Å². The maximum absolute atomic E-state index is 11.7. The smallest absolute Gasteiger partial charge is 0.251 e. The molecule has 41 heavy (non-hydrogen) atoms. The second-order valence-electron chi connectivity index (χ2n) is 9.59. The van der Waals surface area contributed by atoms with Crippen molar-refractivity contribution in [3.05, 3.63) is 123 Å². The Morgan fingerprint density at radius 3 is 1.95 bits per heavy atom. The number of nitrogens with one attached hydrogen (secondary N) is 1. The Hall–Kier alpha value is -3.80. The van der Waals surface area contributed by atoms with Crippen molar-refractivity contribution in [2.45, 2.75) is 30.1 Å². The van der Waals surface area contributed by atoms with Crippen molar-refractivity contribution < 1.29 is 28.8 Å². The molecule has 0 radical (unpaired) electrons. The van der Waals surface area contributed by atoms with E-state index in [9.17, 15) is 9.90 Å². The summed E-state index contributed by atoms with van der Waals surface area (Å²) in [5.41, 5.74) is 1.17. The van der Waals surface area contributed by atoms with Crippen molar-refractivity contribution in [3.63, 3.8) is 0 Å². The highest BCUT2D eigenvalue weighted by molar-refractivity contribution is 7.71. The van der Waals surface area contributed by atoms with E-state index in [4.69, 9.17) is 35.9 Å². The normalized spacial score (nSPS) is 20.6. The minimum Gasteiger partial charge on any atom is -0.497 e. The van der Waals surface area contributed by atoms with Crippen LogP contribution in [0.15, 0.2) is 95.9 Å². The largest absolute Gasteiger partial charge is 0.497 e. The topological polar surface area (TPSA) is 104 Å². The van der Waals surface area contributed by atoms with Gasteiger partial charge in [0.25, 0.3) is 5.56 Å². The number of benzene rings is 3. The van der Waals surface area contributed by atoms with Crippen LogP contribution in [0.5, 0.6) is 11.5 Å². The Kier molecular flexibility index (Phi) is 8.67. The summed E-state index contributed by atoms with van der Waals surface area (Å²) in [7, 11) is 4.73. The lowest BCUT2D eigenvalue weighted by molar-refractivity contribution is -0.0962. The Morgan fingerprint density at radius 2 is 1.44 bits per heavy atom. The lowest BCUT2D eigenvalue weighted by Gasteiger charge is -2.37. The highest BCUT2D eigenvalue weighted by Crippen LogP contribution is 2.43. The number of ether oxygens (including phenoxy) is 5. The molecule has 0 aliphatic carbocycles. The standard InChI is InChI=1S/C31H32N2O7S/c1-36-23-13-9-21(10-14-23)31(20-7-5-4-6-8-20,22-11-15-24(37-2)16-12-22)39-19-25-27(35)28(38-3)29(40-25)33-18-17-26(34)32-30(33)41/h4-18,25,27-29,35H,19H2,1-3H3,(H,32,34,41)/t25-,27-,28-,29-/m1/s1. The lowest BCUT2D eigenvalue weighted by atomic mass is 9.80. The van der Waals surface area contributed by atoms with E-state index < -0.39 is 30.1 Å². The molecule has 0 bridgehead atoms. The average Bonchev–Trinajstić information content (AvgIpc) is 3.33. The van der Waals surface area contributed by atoms with Crippen LogP contribution < -0.4 is 15.0 Å². The summed E-state index contributed by atoms with van der Waals surface area (Å²) in [4.78, 5) is 14.3. The molecule has 0 spiro atoms. The minimum absolute atomic E-state index is 0.00115. The van der Waals surface area contributed by atoms with Crippen LogP contribution in [0.1, 0.15) is 22.9 Å². The number of rotatable bonds is 10. The molecule has 1 aromatic heterocycles. The lowest BCUT2D eigenvalue weighted by Crippen LogP contribution is -2.40. The van der Waals surface area contributed by atoms with Crippen LogP contribution in [0.2, 0.25) is 0 Å². The van der Waals surface area contributed by atoms with Crippen molar-refractivity contribution in [3.8, 4) is 11.5 Å². The first-order valence-corrected chi connectivity index (χ1v) is 13.5. The number of hydrogen-bond donors (Lipinski definition) is 2. The zero-order valence-electron chi connectivity index (χ0n) is 22.9. The number of H-pyrrole nitrogens is 1. The third-order valence-electron chi connectivity index (χ3n) is 7.35. The molecule has 1 fully saturated rings. The first kappa shape index (κ1) is 28.7. The summed E-state index contributed by atoms with van der Waals surface area (Å²) in [6, 6.07) is 26.6. The molecule has 5 rings (SSSR count). The van der Waals surface area contributed by atoms with Crippen molar-refractivity contribution in [1.82, 2.24) is 9.55 Å². The predicted molar refractivity (Wildman–Crippen MR) is 155 cm³/mol. The van der Waals surface area contributed by atoms with Crippen LogP contribution in [-0.4, -0.2) is 60.9 Å². The van der Waals surface area contributed by atoms with Gasteiger partial charge in [-0.1, -0.05) is 54.6 Å². The summed E-state index contributed by atoms with van der Waals surface area (Å²) >= 11 is 5.35. The van der Waals surface area contributed by atoms with Gasteiger partial charge in [0.1, 0.15) is 35.4 Å². The van der Waals surface area contributed by atoms with E-state index in [-0.39, 0.29) is 16.9 Å². The molecule has 214 valence electrons. The first-order chi connectivity index (χ1) is 19.9. The minimum atomic E-state index is -1.09. The van der Waals surface area contributed by atoms with Gasteiger partial charge in [-0.3, -0.25) is 14.3 Å². The van der Waals surface area contributed by atoms with Gasteiger partial charge < -0.3 is 28.8 Å². The molecule has 1 aliphatic rings. The number of methoxy groups -OCH3 is 3. The van der Waals surface area contributed by atoms with E-state index in [1.807, 2.05) is 78.9 Å². The fourth-order valence-electron chi connectivity index (χ4n) is 5.24. The summed E-state index contributed by atoms with van der Waals surface area (Å²) in [6.45, 7) is 0.00115. The Morgan fingerprint density at radius 1 is 0.878 bits per heavy atom. The number of aromatic amines is 1. The third kappa shape index (κ3) is 5.57. The number of aliphatic hydroxyl groups is 1. The van der Waals surface area contributed by atoms with E-state index in [1.54, 1.807) is 18.8 Å². The Labute approximate surface area is 242 Å². The molecular weight excluding hydrogens is 544 g/mol. The van der Waals surface area contributed by atoms with Crippen LogP contribution in [0.3, 0.4) is 0 Å². The van der Waals surface area contributed by atoms with E-state index in [1.165, 1.54) is 19.4 Å². The number of aliphatic hydroxyl groups excluding tert-OH is 1. The molecule has 4 atom stereocenters. The molecule has 0 amide bonds. The van der Waals surface area contributed by atoms with Gasteiger partial charge in [-0.05, 0) is 53.2 Å². The fourth-order valence-corrected chi connectivity index (χ4v) is 5.51. The van der Waals surface area contributed by atoms with Crippen LogP contribution in [0.4, 0.5) is 0 Å². The second kappa shape index (κ2) is 12.4. The summed E-state index contributed by atoms with van der Waals surface area (Å²) < 4.78 is 31.4. The molecule has 0 saturated carbocycles. The quantitative estimate of drug-likeness (QED) is 0.214. The van der Waals surface area contributed by atoms with E-state index in [0.29, 0.717) is 11.5 Å².